The van der Waals surface area contributed by atoms with Crippen molar-refractivity contribution in [1.82, 2.24) is 19.4 Å². The number of nitrogens with zero attached hydrogens (tertiary/aromatic N) is 5. The van der Waals surface area contributed by atoms with Gasteiger partial charge in [-0.25, -0.2) is 18.1 Å². The largest absolute Gasteiger partial charge is 0.308 e. The number of benzene rings is 1. The lowest BCUT2D eigenvalue weighted by Gasteiger charge is -2.36. The number of aromatic nitrogens is 2. The zero-order chi connectivity index (χ0) is 23.1. The van der Waals surface area contributed by atoms with Crippen LogP contribution in [0.4, 0.5) is 5.69 Å². The molecule has 9 nitrogen and oxygen atoms in total. The summed E-state index contributed by atoms with van der Waals surface area (Å²) < 4.78 is 31.1. The van der Waals surface area contributed by atoms with E-state index >= 15 is 0 Å². The van der Waals surface area contributed by atoms with Crippen LogP contribution in [-0.2, 0) is 23.6 Å². The van der Waals surface area contributed by atoms with E-state index in [0.717, 1.165) is 18.4 Å². The second kappa shape index (κ2) is 6.88. The van der Waals surface area contributed by atoms with Crippen LogP contribution in [0.3, 0.4) is 0 Å². The number of guanidine groups is 1. The lowest BCUT2D eigenvalue weighted by Crippen LogP contribution is -2.50. The normalized spacial score (nSPS) is 20.8. The number of nitrogens with one attached hydrogen (secondary N) is 1. The summed E-state index contributed by atoms with van der Waals surface area (Å²) in [5, 5.41) is 4.20. The summed E-state index contributed by atoms with van der Waals surface area (Å²) in [5.41, 5.74) is 1.05. The van der Waals surface area contributed by atoms with Gasteiger partial charge in [-0.1, -0.05) is 0 Å². The smallest absolute Gasteiger partial charge is 0.263 e. The maximum atomic E-state index is 13.7. The zero-order valence-corrected chi connectivity index (χ0v) is 20.8. The van der Waals surface area contributed by atoms with Crippen LogP contribution in [0.15, 0.2) is 38.9 Å². The number of carbonyl (C=O) groups excluding carboxylic acids is 1. The molecular weight excluding hydrogens is 496 g/mol. The number of fused-ring (bicyclic) bond motifs is 3. The molecule has 3 aliphatic rings. The number of sulfonamides is 1. The molecule has 1 aromatic carbocycles. The van der Waals surface area contributed by atoms with Crippen LogP contribution in [0.5, 0.6) is 0 Å². The molecule has 1 saturated carbocycles. The van der Waals surface area contributed by atoms with Crippen LogP contribution in [-0.4, -0.2) is 52.6 Å². The molecule has 1 N–H and O–H groups in total. The molecule has 11 heteroatoms. The molecule has 0 spiro atoms. The van der Waals surface area contributed by atoms with Crippen molar-refractivity contribution >= 4 is 43.5 Å². The van der Waals surface area contributed by atoms with Crippen molar-refractivity contribution in [3.8, 4) is 0 Å². The Bertz CT molecular complexity index is 1280. The highest BCUT2D eigenvalue weighted by molar-refractivity contribution is 9.10. The monoisotopic (exact) mass is 520 g/mol. The van der Waals surface area contributed by atoms with E-state index in [1.54, 1.807) is 21.8 Å². The number of amides is 1. The summed E-state index contributed by atoms with van der Waals surface area (Å²) >= 11 is 3.54. The molecule has 5 rings (SSSR count). The zero-order valence-electron chi connectivity index (χ0n) is 18.4. The fraction of sp³-hybridized carbons (Fsp3) is 0.476. The molecule has 2 aromatic rings. The third-order valence-corrected chi connectivity index (χ3v) is 8.23. The average molecular weight is 521 g/mol. The molecule has 0 saturated heterocycles. The number of carbonyl (C=O) groups is 1. The standard InChI is InChI=1S/C21H25BrN6O3S/c1-20(2)12-28-17-15(7-14(8-16(17)22)32(30,31)25-21(3)5-6-21)18(29)27(19(28)24-20)11-13-9-23-26(4)10-13/h7-10,25H,5-6,11-12H2,1-4H3. The minimum atomic E-state index is -3.77. The highest BCUT2D eigenvalue weighted by Gasteiger charge is 2.45. The first-order valence-electron chi connectivity index (χ1n) is 10.4. The summed E-state index contributed by atoms with van der Waals surface area (Å²) in [6, 6.07) is 3.05. The van der Waals surface area contributed by atoms with Gasteiger partial charge in [-0.3, -0.25) is 14.4 Å². The van der Waals surface area contributed by atoms with Crippen LogP contribution in [0.1, 0.15) is 49.5 Å². The van der Waals surface area contributed by atoms with Crippen LogP contribution < -0.4 is 9.62 Å². The summed E-state index contributed by atoms with van der Waals surface area (Å²) in [4.78, 5) is 22.1. The summed E-state index contributed by atoms with van der Waals surface area (Å²) in [7, 11) is -1.95. The van der Waals surface area contributed by atoms with E-state index in [1.165, 1.54) is 6.07 Å². The predicted molar refractivity (Wildman–Crippen MR) is 124 cm³/mol. The van der Waals surface area contributed by atoms with Crippen LogP contribution in [0.2, 0.25) is 0 Å². The van der Waals surface area contributed by atoms with Crippen molar-refractivity contribution in [2.45, 2.75) is 56.1 Å². The summed E-state index contributed by atoms with van der Waals surface area (Å²) in [5.74, 6) is 0.281. The van der Waals surface area contributed by atoms with Crippen molar-refractivity contribution in [2.75, 3.05) is 11.4 Å². The molecule has 0 atom stereocenters. The number of hydrogen-bond donors (Lipinski definition) is 1. The van der Waals surface area contributed by atoms with E-state index in [-0.39, 0.29) is 10.8 Å². The molecule has 0 unspecified atom stereocenters. The number of rotatable bonds is 5. The van der Waals surface area contributed by atoms with E-state index in [0.29, 0.717) is 34.8 Å². The number of hydrogen-bond acceptors (Lipinski definition) is 6. The van der Waals surface area contributed by atoms with Crippen LogP contribution in [0, 0.1) is 0 Å². The van der Waals surface area contributed by atoms with Crippen molar-refractivity contribution < 1.29 is 13.2 Å². The first kappa shape index (κ1) is 21.6. The van der Waals surface area contributed by atoms with E-state index in [1.807, 2.05) is 38.9 Å². The predicted octanol–water partition coefficient (Wildman–Crippen LogP) is 2.62. The third kappa shape index (κ3) is 3.65. The maximum Gasteiger partial charge on any atom is 0.263 e. The molecule has 170 valence electrons. The lowest BCUT2D eigenvalue weighted by molar-refractivity contribution is 0.0833. The van der Waals surface area contributed by atoms with Crippen molar-refractivity contribution in [3.05, 3.63) is 40.1 Å². The first-order chi connectivity index (χ1) is 14.9. The van der Waals surface area contributed by atoms with Gasteiger partial charge in [-0.15, -0.1) is 0 Å². The minimum Gasteiger partial charge on any atom is -0.308 e. The summed E-state index contributed by atoms with van der Waals surface area (Å²) in [6.45, 7) is 6.78. The quantitative estimate of drug-likeness (QED) is 0.652. The number of aryl methyl sites for hydroxylation is 1. The van der Waals surface area contributed by atoms with Gasteiger partial charge in [0, 0.05) is 28.8 Å². The fourth-order valence-corrected chi connectivity index (χ4v) is 6.51. The number of aliphatic imine (C=N–C) groups is 1. The van der Waals surface area contributed by atoms with Gasteiger partial charge in [0.2, 0.25) is 16.0 Å². The topological polar surface area (TPSA) is 99.9 Å². The Morgan fingerprint density at radius 2 is 1.94 bits per heavy atom. The summed E-state index contributed by atoms with van der Waals surface area (Å²) in [6.07, 6.45) is 5.17. The van der Waals surface area contributed by atoms with E-state index in [2.05, 4.69) is 25.8 Å². The Hall–Kier alpha value is -2.24. The van der Waals surface area contributed by atoms with Gasteiger partial charge in [0.15, 0.2) is 0 Å². The lowest BCUT2D eigenvalue weighted by atomic mass is 10.0. The molecule has 1 aromatic heterocycles. The van der Waals surface area contributed by atoms with Gasteiger partial charge in [0.05, 0.1) is 41.0 Å². The third-order valence-electron chi connectivity index (χ3n) is 6.00. The van der Waals surface area contributed by atoms with E-state index < -0.39 is 21.1 Å². The Kier molecular flexibility index (Phi) is 4.64. The first-order valence-corrected chi connectivity index (χ1v) is 12.7. The second-order valence-electron chi connectivity index (χ2n) is 9.69. The Morgan fingerprint density at radius 1 is 1.22 bits per heavy atom. The minimum absolute atomic E-state index is 0.0739. The Balaban J connectivity index is 1.61. The highest BCUT2D eigenvalue weighted by Crippen LogP contribution is 2.42. The highest BCUT2D eigenvalue weighted by atomic mass is 79.9. The second-order valence-corrected chi connectivity index (χ2v) is 12.2. The molecule has 1 amide bonds. The molecule has 1 aliphatic carbocycles. The van der Waals surface area contributed by atoms with Crippen molar-refractivity contribution in [1.29, 1.82) is 0 Å². The SMILES string of the molecule is Cn1cc(CN2C(=O)c3cc(S(=O)(=O)NC4(C)CC4)cc(Br)c3N3CC(C)(C)N=C23)cn1. The van der Waals surface area contributed by atoms with Crippen molar-refractivity contribution in [2.24, 2.45) is 12.0 Å². The van der Waals surface area contributed by atoms with Crippen LogP contribution in [0.25, 0.3) is 0 Å². The van der Waals surface area contributed by atoms with Crippen LogP contribution >= 0.6 is 15.9 Å². The average Bonchev–Trinajstić information content (AvgIpc) is 3.10. The maximum absolute atomic E-state index is 13.7. The Labute approximate surface area is 195 Å². The van der Waals surface area contributed by atoms with Gasteiger partial charge < -0.3 is 4.90 Å². The molecule has 0 bridgehead atoms. The van der Waals surface area contributed by atoms with E-state index in [4.69, 9.17) is 4.99 Å². The molecule has 2 aliphatic heterocycles. The molecule has 1 fully saturated rings. The van der Waals surface area contributed by atoms with E-state index in [9.17, 15) is 13.2 Å². The molecular formula is C21H25BrN6O3S. The fourth-order valence-electron chi connectivity index (χ4n) is 4.16. The molecule has 3 heterocycles. The van der Waals surface area contributed by atoms with Gasteiger partial charge in [0.25, 0.3) is 5.91 Å². The van der Waals surface area contributed by atoms with Crippen molar-refractivity contribution in [3.63, 3.8) is 0 Å². The van der Waals surface area contributed by atoms with Gasteiger partial charge in [-0.2, -0.15) is 5.10 Å². The van der Waals surface area contributed by atoms with Gasteiger partial charge in [0.1, 0.15) is 0 Å². The molecule has 32 heavy (non-hydrogen) atoms. The Morgan fingerprint density at radius 3 is 2.56 bits per heavy atom. The molecule has 0 radical (unpaired) electrons. The number of halogens is 1. The van der Waals surface area contributed by atoms with Gasteiger partial charge in [-0.05, 0) is 61.7 Å². The van der Waals surface area contributed by atoms with Gasteiger partial charge >= 0.3 is 0 Å². The number of anilines is 1.